The van der Waals surface area contributed by atoms with Gasteiger partial charge in [0.05, 0.1) is 0 Å². The number of carbonyl (C=O) groups is 1. The van der Waals surface area contributed by atoms with Gasteiger partial charge in [-0.15, -0.1) is 0 Å². The maximum absolute atomic E-state index is 11.9. The molecule has 0 aliphatic carbocycles. The standard InChI is InChI=1S/C19H22N6O2/c1-25(2)14-7-5-13(6-8-14)22-19-16(17(20)27)18(23-24-19)21-11-12-3-9-15(26)10-4-12/h3-10,26H,11H2,1-2H3,(H2,20,27)(H3,21,22,23,24). The Morgan fingerprint density at radius 2 is 1.81 bits per heavy atom. The lowest BCUT2D eigenvalue weighted by molar-refractivity contribution is 0.100. The van der Waals surface area contributed by atoms with Gasteiger partial charge in [0.2, 0.25) is 0 Å². The average Bonchev–Trinajstić information content (AvgIpc) is 3.04. The number of nitrogens with two attached hydrogens (primary N) is 1. The summed E-state index contributed by atoms with van der Waals surface area (Å²) < 4.78 is 0. The third-order valence-corrected chi connectivity index (χ3v) is 4.06. The van der Waals surface area contributed by atoms with E-state index in [0.717, 1.165) is 16.9 Å². The van der Waals surface area contributed by atoms with Crippen LogP contribution in [0.4, 0.5) is 23.0 Å². The summed E-state index contributed by atoms with van der Waals surface area (Å²) in [7, 11) is 3.93. The second-order valence-corrected chi connectivity index (χ2v) is 6.27. The number of nitrogens with zero attached hydrogens (tertiary/aromatic N) is 2. The van der Waals surface area contributed by atoms with Crippen LogP contribution in [-0.4, -0.2) is 35.3 Å². The largest absolute Gasteiger partial charge is 0.508 e. The molecule has 0 fully saturated rings. The number of amides is 1. The Bertz CT molecular complexity index is 916. The molecule has 0 saturated heterocycles. The van der Waals surface area contributed by atoms with E-state index < -0.39 is 5.91 Å². The van der Waals surface area contributed by atoms with Crippen LogP contribution in [0.5, 0.6) is 5.75 Å². The smallest absolute Gasteiger partial charge is 0.256 e. The number of benzene rings is 2. The highest BCUT2D eigenvalue weighted by molar-refractivity contribution is 6.03. The van der Waals surface area contributed by atoms with Gasteiger partial charge in [-0.3, -0.25) is 9.89 Å². The van der Waals surface area contributed by atoms with Crippen molar-refractivity contribution in [2.24, 2.45) is 5.73 Å². The number of aromatic nitrogens is 2. The molecule has 0 atom stereocenters. The lowest BCUT2D eigenvalue weighted by Gasteiger charge is -2.13. The van der Waals surface area contributed by atoms with Crippen LogP contribution < -0.4 is 21.3 Å². The van der Waals surface area contributed by atoms with E-state index in [9.17, 15) is 9.90 Å². The Kier molecular flexibility index (Phi) is 5.16. The maximum atomic E-state index is 11.9. The van der Waals surface area contributed by atoms with Gasteiger partial charge in [-0.25, -0.2) is 0 Å². The van der Waals surface area contributed by atoms with E-state index in [1.54, 1.807) is 24.3 Å². The molecule has 3 rings (SSSR count). The summed E-state index contributed by atoms with van der Waals surface area (Å²) in [6.07, 6.45) is 0. The zero-order chi connectivity index (χ0) is 19.4. The number of hydrogen-bond acceptors (Lipinski definition) is 6. The Hall–Kier alpha value is -3.68. The molecule has 3 aromatic rings. The predicted octanol–water partition coefficient (Wildman–Crippen LogP) is 2.64. The number of aromatic amines is 1. The van der Waals surface area contributed by atoms with Crippen molar-refractivity contribution in [3.63, 3.8) is 0 Å². The first-order chi connectivity index (χ1) is 12.9. The van der Waals surface area contributed by atoms with Crippen LogP contribution in [0, 0.1) is 0 Å². The fourth-order valence-corrected chi connectivity index (χ4v) is 2.58. The van der Waals surface area contributed by atoms with Crippen molar-refractivity contribution < 1.29 is 9.90 Å². The summed E-state index contributed by atoms with van der Waals surface area (Å²) >= 11 is 0. The van der Waals surface area contributed by atoms with E-state index >= 15 is 0 Å². The summed E-state index contributed by atoms with van der Waals surface area (Å²) in [5.74, 6) is 0.394. The van der Waals surface area contributed by atoms with E-state index in [-0.39, 0.29) is 11.3 Å². The summed E-state index contributed by atoms with van der Waals surface area (Å²) in [5.41, 5.74) is 8.59. The molecule has 140 valence electrons. The van der Waals surface area contributed by atoms with Gasteiger partial charge in [0.1, 0.15) is 17.1 Å². The van der Waals surface area contributed by atoms with Crippen molar-refractivity contribution >= 4 is 28.9 Å². The van der Waals surface area contributed by atoms with Gasteiger partial charge in [-0.1, -0.05) is 12.1 Å². The van der Waals surface area contributed by atoms with E-state index in [1.165, 1.54) is 0 Å². The van der Waals surface area contributed by atoms with E-state index in [1.807, 2.05) is 43.3 Å². The predicted molar refractivity (Wildman–Crippen MR) is 107 cm³/mol. The molecule has 6 N–H and O–H groups in total. The van der Waals surface area contributed by atoms with Crippen molar-refractivity contribution in [2.75, 3.05) is 29.6 Å². The topological polar surface area (TPSA) is 119 Å². The number of rotatable bonds is 7. The molecule has 2 aromatic carbocycles. The zero-order valence-electron chi connectivity index (χ0n) is 15.2. The number of phenols is 1. The van der Waals surface area contributed by atoms with E-state index in [4.69, 9.17) is 5.73 Å². The highest BCUT2D eigenvalue weighted by Gasteiger charge is 2.18. The Labute approximate surface area is 157 Å². The van der Waals surface area contributed by atoms with Crippen LogP contribution in [0.25, 0.3) is 0 Å². The quantitative estimate of drug-likeness (QED) is 0.438. The lowest BCUT2D eigenvalue weighted by atomic mass is 10.2. The molecule has 27 heavy (non-hydrogen) atoms. The fraction of sp³-hybridized carbons (Fsp3) is 0.158. The molecule has 0 aliphatic rings. The second kappa shape index (κ2) is 7.69. The monoisotopic (exact) mass is 366 g/mol. The molecule has 8 heteroatoms. The van der Waals surface area contributed by atoms with Gasteiger partial charge in [-0.05, 0) is 42.0 Å². The first-order valence-electron chi connectivity index (χ1n) is 8.38. The zero-order valence-corrected chi connectivity index (χ0v) is 15.2. The molecule has 0 spiro atoms. The number of H-pyrrole nitrogens is 1. The Morgan fingerprint density at radius 1 is 1.15 bits per heavy atom. The minimum absolute atomic E-state index is 0.199. The minimum Gasteiger partial charge on any atom is -0.508 e. The normalized spacial score (nSPS) is 10.4. The van der Waals surface area contributed by atoms with Crippen LogP contribution in [-0.2, 0) is 6.54 Å². The summed E-state index contributed by atoms with van der Waals surface area (Å²) in [5, 5.41) is 22.5. The van der Waals surface area contributed by atoms with E-state index in [2.05, 4.69) is 20.8 Å². The third kappa shape index (κ3) is 4.30. The SMILES string of the molecule is CN(C)c1ccc(Nc2n[nH]c(NCc3ccc(O)cc3)c2C(N)=O)cc1. The van der Waals surface area contributed by atoms with Crippen molar-refractivity contribution in [3.8, 4) is 5.75 Å². The van der Waals surface area contributed by atoms with Gasteiger partial charge in [0, 0.05) is 32.0 Å². The minimum atomic E-state index is -0.593. The molecular weight excluding hydrogens is 344 g/mol. The molecule has 8 nitrogen and oxygen atoms in total. The number of phenolic OH excluding ortho intramolecular Hbond substituents is 1. The van der Waals surface area contributed by atoms with Crippen molar-refractivity contribution in [3.05, 3.63) is 59.7 Å². The second-order valence-electron chi connectivity index (χ2n) is 6.27. The number of hydrogen-bond donors (Lipinski definition) is 5. The summed E-state index contributed by atoms with van der Waals surface area (Å²) in [6, 6.07) is 14.5. The molecule has 1 heterocycles. The number of aromatic hydroxyl groups is 1. The van der Waals surface area contributed by atoms with Crippen LogP contribution in [0.3, 0.4) is 0 Å². The summed E-state index contributed by atoms with van der Waals surface area (Å²) in [6.45, 7) is 0.444. The van der Waals surface area contributed by atoms with Gasteiger partial charge in [0.15, 0.2) is 5.82 Å². The van der Waals surface area contributed by atoms with Crippen LogP contribution >= 0.6 is 0 Å². The van der Waals surface area contributed by atoms with Crippen molar-refractivity contribution in [1.82, 2.24) is 10.2 Å². The van der Waals surface area contributed by atoms with E-state index in [0.29, 0.717) is 18.2 Å². The average molecular weight is 366 g/mol. The third-order valence-electron chi connectivity index (χ3n) is 4.06. The number of primary amides is 1. The molecule has 0 saturated carbocycles. The molecule has 0 aliphatic heterocycles. The van der Waals surface area contributed by atoms with Gasteiger partial charge < -0.3 is 26.4 Å². The molecule has 0 radical (unpaired) electrons. The van der Waals surface area contributed by atoms with Crippen molar-refractivity contribution in [2.45, 2.75) is 6.54 Å². The Morgan fingerprint density at radius 3 is 2.41 bits per heavy atom. The van der Waals surface area contributed by atoms with Crippen molar-refractivity contribution in [1.29, 1.82) is 0 Å². The van der Waals surface area contributed by atoms with Crippen LogP contribution in [0.15, 0.2) is 48.5 Å². The van der Waals surface area contributed by atoms with Crippen LogP contribution in [0.2, 0.25) is 0 Å². The molecule has 1 amide bonds. The van der Waals surface area contributed by atoms with Gasteiger partial charge in [-0.2, -0.15) is 5.10 Å². The first kappa shape index (κ1) is 18.1. The number of carbonyl (C=O) groups excluding carboxylic acids is 1. The first-order valence-corrected chi connectivity index (χ1v) is 8.38. The van der Waals surface area contributed by atoms with Crippen LogP contribution in [0.1, 0.15) is 15.9 Å². The highest BCUT2D eigenvalue weighted by atomic mass is 16.3. The number of anilines is 4. The fourth-order valence-electron chi connectivity index (χ4n) is 2.58. The summed E-state index contributed by atoms with van der Waals surface area (Å²) in [4.78, 5) is 13.9. The highest BCUT2D eigenvalue weighted by Crippen LogP contribution is 2.26. The molecule has 0 bridgehead atoms. The van der Waals surface area contributed by atoms with Gasteiger partial charge >= 0.3 is 0 Å². The Balaban J connectivity index is 1.76. The lowest BCUT2D eigenvalue weighted by Crippen LogP contribution is -2.15. The molecular formula is C19H22N6O2. The maximum Gasteiger partial charge on any atom is 0.256 e. The molecule has 1 aromatic heterocycles. The number of nitrogens with one attached hydrogen (secondary N) is 3. The van der Waals surface area contributed by atoms with Gasteiger partial charge in [0.25, 0.3) is 5.91 Å². The molecule has 0 unspecified atom stereocenters.